The van der Waals surface area contributed by atoms with Crippen LogP contribution in [-0.4, -0.2) is 5.97 Å². The quantitative estimate of drug-likeness (QED) is 0.718. The number of carbonyl (C=O) groups is 1. The molecule has 0 spiro atoms. The summed E-state index contributed by atoms with van der Waals surface area (Å²) in [5.74, 6) is -1.24. The van der Waals surface area contributed by atoms with E-state index in [9.17, 15) is 9.90 Å². The molecular formula is C12H15O2-. The smallest absolute Gasteiger partial charge is 0.0445 e. The van der Waals surface area contributed by atoms with E-state index in [-0.39, 0.29) is 5.92 Å². The van der Waals surface area contributed by atoms with E-state index >= 15 is 0 Å². The molecule has 14 heavy (non-hydrogen) atoms. The predicted molar refractivity (Wildman–Crippen MR) is 53.5 cm³/mol. The van der Waals surface area contributed by atoms with Crippen molar-refractivity contribution in [2.24, 2.45) is 11.8 Å². The standard InChI is InChI=1S/C12H16O2/c1-9(10(2)12(13)14)8-11-6-4-3-5-7-11/h3-7,9-10H,8H2,1-2H3,(H,13,14)/p-1. The molecule has 2 nitrogen and oxygen atoms in total. The van der Waals surface area contributed by atoms with Crippen molar-refractivity contribution in [1.82, 2.24) is 0 Å². The normalized spacial score (nSPS) is 14.7. The molecule has 2 heteroatoms. The largest absolute Gasteiger partial charge is 0.550 e. The summed E-state index contributed by atoms with van der Waals surface area (Å²) >= 11 is 0. The molecule has 0 N–H and O–H groups in total. The van der Waals surface area contributed by atoms with Crippen LogP contribution in [0.15, 0.2) is 30.3 Å². The van der Waals surface area contributed by atoms with Crippen molar-refractivity contribution in [3.05, 3.63) is 35.9 Å². The van der Waals surface area contributed by atoms with Gasteiger partial charge < -0.3 is 9.90 Å². The highest BCUT2D eigenvalue weighted by Crippen LogP contribution is 2.16. The van der Waals surface area contributed by atoms with Crippen LogP contribution < -0.4 is 5.11 Å². The van der Waals surface area contributed by atoms with Gasteiger partial charge in [0.05, 0.1) is 0 Å². The minimum absolute atomic E-state index is 0.113. The van der Waals surface area contributed by atoms with Crippen LogP contribution in [0, 0.1) is 11.8 Å². The molecule has 0 aliphatic heterocycles. The Morgan fingerprint density at radius 2 is 1.86 bits per heavy atom. The Morgan fingerprint density at radius 1 is 1.29 bits per heavy atom. The first kappa shape index (κ1) is 10.8. The summed E-state index contributed by atoms with van der Waals surface area (Å²) in [6.45, 7) is 3.64. The van der Waals surface area contributed by atoms with E-state index in [2.05, 4.69) is 0 Å². The van der Waals surface area contributed by atoms with Crippen molar-refractivity contribution >= 4 is 5.97 Å². The topological polar surface area (TPSA) is 40.1 Å². The second kappa shape index (κ2) is 4.80. The van der Waals surface area contributed by atoms with Crippen LogP contribution in [0.4, 0.5) is 0 Å². The second-order valence-electron chi connectivity index (χ2n) is 3.77. The van der Waals surface area contributed by atoms with Gasteiger partial charge in [-0.15, -0.1) is 0 Å². The first-order chi connectivity index (χ1) is 6.61. The Bertz CT molecular complexity index is 292. The van der Waals surface area contributed by atoms with Crippen LogP contribution in [0.5, 0.6) is 0 Å². The number of rotatable bonds is 4. The predicted octanol–water partition coefficient (Wildman–Crippen LogP) is 1.25. The fourth-order valence-electron chi connectivity index (χ4n) is 1.39. The van der Waals surface area contributed by atoms with Crippen molar-refractivity contribution in [3.8, 4) is 0 Å². The van der Waals surface area contributed by atoms with Crippen molar-refractivity contribution in [2.75, 3.05) is 0 Å². The van der Waals surface area contributed by atoms with Crippen molar-refractivity contribution in [3.63, 3.8) is 0 Å². The molecule has 0 fully saturated rings. The zero-order chi connectivity index (χ0) is 10.6. The number of carboxylic acids is 1. The molecule has 1 rings (SSSR count). The average Bonchev–Trinajstić information content (AvgIpc) is 2.18. The maximum absolute atomic E-state index is 10.6. The molecule has 0 saturated heterocycles. The van der Waals surface area contributed by atoms with E-state index in [4.69, 9.17) is 0 Å². The van der Waals surface area contributed by atoms with Gasteiger partial charge in [-0.1, -0.05) is 44.2 Å². The van der Waals surface area contributed by atoms with Gasteiger partial charge in [-0.3, -0.25) is 0 Å². The SMILES string of the molecule is CC(Cc1ccccc1)C(C)C(=O)[O-]. The third kappa shape index (κ3) is 2.87. The molecule has 2 unspecified atom stereocenters. The molecule has 0 saturated carbocycles. The van der Waals surface area contributed by atoms with E-state index in [1.165, 1.54) is 5.56 Å². The summed E-state index contributed by atoms with van der Waals surface area (Å²) in [5, 5.41) is 10.6. The van der Waals surface area contributed by atoms with Crippen LogP contribution in [0.1, 0.15) is 19.4 Å². The van der Waals surface area contributed by atoms with Gasteiger partial charge in [-0.25, -0.2) is 0 Å². The highest BCUT2D eigenvalue weighted by Gasteiger charge is 2.13. The molecule has 0 radical (unpaired) electrons. The van der Waals surface area contributed by atoms with Gasteiger partial charge in [-0.2, -0.15) is 0 Å². The van der Waals surface area contributed by atoms with Gasteiger partial charge in [0.1, 0.15) is 0 Å². The fraction of sp³-hybridized carbons (Fsp3) is 0.417. The summed E-state index contributed by atoms with van der Waals surface area (Å²) in [4.78, 5) is 10.6. The maximum atomic E-state index is 10.6. The van der Waals surface area contributed by atoms with E-state index < -0.39 is 11.9 Å². The summed E-state index contributed by atoms with van der Waals surface area (Å²) in [6, 6.07) is 9.91. The molecule has 2 atom stereocenters. The number of carbonyl (C=O) groups excluding carboxylic acids is 1. The first-order valence-electron chi connectivity index (χ1n) is 4.86. The van der Waals surface area contributed by atoms with Gasteiger partial charge in [0.15, 0.2) is 0 Å². The monoisotopic (exact) mass is 191 g/mol. The Labute approximate surface area is 84.6 Å². The Morgan fingerprint density at radius 3 is 2.36 bits per heavy atom. The van der Waals surface area contributed by atoms with E-state index in [1.807, 2.05) is 37.3 Å². The van der Waals surface area contributed by atoms with E-state index in [1.54, 1.807) is 6.92 Å². The zero-order valence-corrected chi connectivity index (χ0v) is 8.57. The average molecular weight is 191 g/mol. The van der Waals surface area contributed by atoms with Gasteiger partial charge in [0.25, 0.3) is 0 Å². The number of aliphatic carboxylic acids is 1. The Kier molecular flexibility index (Phi) is 3.69. The van der Waals surface area contributed by atoms with E-state index in [0.29, 0.717) is 0 Å². The lowest BCUT2D eigenvalue weighted by molar-refractivity contribution is -0.312. The molecule has 0 bridgehead atoms. The second-order valence-corrected chi connectivity index (χ2v) is 3.77. The number of carboxylic acid groups (broad SMARTS) is 1. The lowest BCUT2D eigenvalue weighted by atomic mass is 9.90. The zero-order valence-electron chi connectivity index (χ0n) is 8.57. The minimum Gasteiger partial charge on any atom is -0.550 e. The molecule has 0 amide bonds. The molecule has 0 aromatic heterocycles. The fourth-order valence-corrected chi connectivity index (χ4v) is 1.39. The van der Waals surface area contributed by atoms with Crippen LogP contribution in [0.3, 0.4) is 0 Å². The third-order valence-corrected chi connectivity index (χ3v) is 2.63. The van der Waals surface area contributed by atoms with Crippen molar-refractivity contribution in [2.45, 2.75) is 20.3 Å². The lowest BCUT2D eigenvalue weighted by Gasteiger charge is -2.20. The van der Waals surface area contributed by atoms with E-state index in [0.717, 1.165) is 6.42 Å². The van der Waals surface area contributed by atoms with Crippen LogP contribution >= 0.6 is 0 Å². The third-order valence-electron chi connectivity index (χ3n) is 2.63. The van der Waals surface area contributed by atoms with Crippen LogP contribution in [-0.2, 0) is 11.2 Å². The van der Waals surface area contributed by atoms with Gasteiger partial charge in [-0.05, 0) is 23.8 Å². The lowest BCUT2D eigenvalue weighted by Crippen LogP contribution is -2.33. The summed E-state index contributed by atoms with van der Waals surface area (Å²) in [6.07, 6.45) is 0.788. The van der Waals surface area contributed by atoms with Gasteiger partial charge >= 0.3 is 0 Å². The highest BCUT2D eigenvalue weighted by molar-refractivity contribution is 5.67. The summed E-state index contributed by atoms with van der Waals surface area (Å²) in [7, 11) is 0. The molecule has 0 aliphatic rings. The number of benzene rings is 1. The molecule has 1 aromatic rings. The first-order valence-corrected chi connectivity index (χ1v) is 4.86. The highest BCUT2D eigenvalue weighted by atomic mass is 16.4. The molecule has 76 valence electrons. The molecule has 0 heterocycles. The Hall–Kier alpha value is -1.31. The molecule has 1 aromatic carbocycles. The minimum atomic E-state index is -0.964. The molecule has 0 aliphatic carbocycles. The number of hydrogen-bond acceptors (Lipinski definition) is 2. The summed E-state index contributed by atoms with van der Waals surface area (Å²) in [5.41, 5.74) is 1.17. The molecular weight excluding hydrogens is 176 g/mol. The van der Waals surface area contributed by atoms with Gasteiger partial charge in [0, 0.05) is 5.97 Å². The Balaban J connectivity index is 2.57. The van der Waals surface area contributed by atoms with Crippen molar-refractivity contribution < 1.29 is 9.90 Å². The maximum Gasteiger partial charge on any atom is 0.0445 e. The summed E-state index contributed by atoms with van der Waals surface area (Å²) < 4.78 is 0. The van der Waals surface area contributed by atoms with Crippen LogP contribution in [0.25, 0.3) is 0 Å². The van der Waals surface area contributed by atoms with Crippen LogP contribution in [0.2, 0.25) is 0 Å². The van der Waals surface area contributed by atoms with Gasteiger partial charge in [0.2, 0.25) is 0 Å². The number of hydrogen-bond donors (Lipinski definition) is 0. The van der Waals surface area contributed by atoms with Crippen molar-refractivity contribution in [1.29, 1.82) is 0 Å².